The molecule has 2 unspecified atom stereocenters. The summed E-state index contributed by atoms with van der Waals surface area (Å²) >= 11 is 0. The lowest BCUT2D eigenvalue weighted by Crippen LogP contribution is -2.30. The van der Waals surface area contributed by atoms with Gasteiger partial charge in [-0.25, -0.2) is 4.98 Å². The summed E-state index contributed by atoms with van der Waals surface area (Å²) in [5, 5.41) is 3.35. The monoisotopic (exact) mass is 208 g/mol. The number of nitrogens with one attached hydrogen (secondary N) is 1. The molecule has 0 spiro atoms. The van der Waals surface area contributed by atoms with E-state index in [1.54, 1.807) is 6.20 Å². The minimum atomic E-state index is 0.310. The van der Waals surface area contributed by atoms with Crippen LogP contribution in [-0.4, -0.2) is 22.6 Å². The maximum atomic E-state index is 5.62. The van der Waals surface area contributed by atoms with Gasteiger partial charge in [-0.3, -0.25) is 4.98 Å². The first-order valence-electron chi connectivity index (χ1n) is 5.31. The molecule has 0 bridgehead atoms. The van der Waals surface area contributed by atoms with Gasteiger partial charge in [-0.1, -0.05) is 6.92 Å². The van der Waals surface area contributed by atoms with Gasteiger partial charge in [-0.2, -0.15) is 0 Å². The standard InChI is InChI=1S/C11H20N4/c1-7(5-12)9(3)15-11-10(4)13-6-8(2)14-11/h6-7,9H,5,12H2,1-4H3,(H,14,15). The normalized spacial score (nSPS) is 14.7. The van der Waals surface area contributed by atoms with Gasteiger partial charge >= 0.3 is 0 Å². The zero-order valence-corrected chi connectivity index (χ0v) is 9.91. The second kappa shape index (κ2) is 5.07. The maximum absolute atomic E-state index is 5.62. The fraction of sp³-hybridized carbons (Fsp3) is 0.636. The molecule has 0 saturated heterocycles. The summed E-state index contributed by atoms with van der Waals surface area (Å²) in [7, 11) is 0. The lowest BCUT2D eigenvalue weighted by atomic mass is 10.0. The zero-order chi connectivity index (χ0) is 11.4. The number of nitrogens with zero attached hydrogens (tertiary/aromatic N) is 2. The van der Waals surface area contributed by atoms with Gasteiger partial charge in [-0.15, -0.1) is 0 Å². The van der Waals surface area contributed by atoms with Gasteiger partial charge in [0.25, 0.3) is 0 Å². The highest BCUT2D eigenvalue weighted by Gasteiger charge is 2.12. The van der Waals surface area contributed by atoms with Crippen molar-refractivity contribution < 1.29 is 0 Å². The van der Waals surface area contributed by atoms with Crippen molar-refractivity contribution in [2.24, 2.45) is 11.7 Å². The topological polar surface area (TPSA) is 63.8 Å². The second-order valence-electron chi connectivity index (χ2n) is 4.09. The molecule has 0 aliphatic carbocycles. The van der Waals surface area contributed by atoms with E-state index in [9.17, 15) is 0 Å². The van der Waals surface area contributed by atoms with Gasteiger partial charge in [-0.05, 0) is 33.2 Å². The molecule has 4 nitrogen and oxygen atoms in total. The highest BCUT2D eigenvalue weighted by molar-refractivity contribution is 5.40. The Morgan fingerprint density at radius 3 is 2.67 bits per heavy atom. The molecular weight excluding hydrogens is 188 g/mol. The number of anilines is 1. The highest BCUT2D eigenvalue weighted by atomic mass is 15.0. The van der Waals surface area contributed by atoms with E-state index in [0.717, 1.165) is 17.2 Å². The Hall–Kier alpha value is -1.16. The molecule has 84 valence electrons. The van der Waals surface area contributed by atoms with E-state index in [4.69, 9.17) is 5.73 Å². The maximum Gasteiger partial charge on any atom is 0.147 e. The Balaban J connectivity index is 2.75. The Kier molecular flexibility index (Phi) is 4.03. The average molecular weight is 208 g/mol. The Bertz CT molecular complexity index is 324. The van der Waals surface area contributed by atoms with Gasteiger partial charge in [0.1, 0.15) is 5.82 Å². The third kappa shape index (κ3) is 3.16. The van der Waals surface area contributed by atoms with Crippen molar-refractivity contribution in [1.29, 1.82) is 0 Å². The fourth-order valence-corrected chi connectivity index (χ4v) is 1.24. The molecule has 1 aromatic rings. The fourth-order valence-electron chi connectivity index (χ4n) is 1.24. The molecule has 0 aliphatic rings. The number of nitrogens with two attached hydrogens (primary N) is 1. The summed E-state index contributed by atoms with van der Waals surface area (Å²) in [6.07, 6.45) is 1.78. The lowest BCUT2D eigenvalue weighted by molar-refractivity contribution is 0.519. The van der Waals surface area contributed by atoms with Crippen molar-refractivity contribution in [3.05, 3.63) is 17.6 Å². The SMILES string of the molecule is Cc1cnc(C)c(NC(C)C(C)CN)n1. The highest BCUT2D eigenvalue weighted by Crippen LogP contribution is 2.13. The lowest BCUT2D eigenvalue weighted by Gasteiger charge is -2.21. The van der Waals surface area contributed by atoms with E-state index in [1.165, 1.54) is 0 Å². The molecule has 4 heteroatoms. The quantitative estimate of drug-likeness (QED) is 0.787. The van der Waals surface area contributed by atoms with Crippen molar-refractivity contribution in [3.63, 3.8) is 0 Å². The van der Waals surface area contributed by atoms with E-state index in [-0.39, 0.29) is 0 Å². The van der Waals surface area contributed by atoms with E-state index >= 15 is 0 Å². The first kappa shape index (κ1) is 11.9. The van der Waals surface area contributed by atoms with Crippen LogP contribution in [0.3, 0.4) is 0 Å². The van der Waals surface area contributed by atoms with Crippen LogP contribution >= 0.6 is 0 Å². The molecule has 3 N–H and O–H groups in total. The molecule has 2 atom stereocenters. The van der Waals surface area contributed by atoms with Crippen LogP contribution in [-0.2, 0) is 0 Å². The van der Waals surface area contributed by atoms with Crippen LogP contribution in [0.25, 0.3) is 0 Å². The third-order valence-corrected chi connectivity index (χ3v) is 2.67. The van der Waals surface area contributed by atoms with Crippen molar-refractivity contribution in [3.8, 4) is 0 Å². The number of rotatable bonds is 4. The minimum Gasteiger partial charge on any atom is -0.366 e. The summed E-state index contributed by atoms with van der Waals surface area (Å²) in [6.45, 7) is 8.80. The Labute approximate surface area is 91.3 Å². The summed E-state index contributed by atoms with van der Waals surface area (Å²) < 4.78 is 0. The van der Waals surface area contributed by atoms with Crippen LogP contribution in [0.4, 0.5) is 5.82 Å². The summed E-state index contributed by atoms with van der Waals surface area (Å²) in [5.41, 5.74) is 7.47. The molecule has 0 aliphatic heterocycles. The molecule has 0 fully saturated rings. The van der Waals surface area contributed by atoms with Gasteiger partial charge < -0.3 is 11.1 Å². The van der Waals surface area contributed by atoms with Crippen LogP contribution in [0.15, 0.2) is 6.20 Å². The van der Waals surface area contributed by atoms with E-state index in [1.807, 2.05) is 13.8 Å². The molecule has 15 heavy (non-hydrogen) atoms. The van der Waals surface area contributed by atoms with Gasteiger partial charge in [0, 0.05) is 12.2 Å². The van der Waals surface area contributed by atoms with Crippen molar-refractivity contribution >= 4 is 5.82 Å². The van der Waals surface area contributed by atoms with Crippen molar-refractivity contribution in [1.82, 2.24) is 9.97 Å². The Morgan fingerprint density at radius 1 is 1.40 bits per heavy atom. The molecular formula is C11H20N4. The van der Waals surface area contributed by atoms with E-state index < -0.39 is 0 Å². The first-order valence-corrected chi connectivity index (χ1v) is 5.31. The third-order valence-electron chi connectivity index (χ3n) is 2.67. The van der Waals surface area contributed by atoms with Crippen LogP contribution in [0.5, 0.6) is 0 Å². The molecule has 1 heterocycles. The Morgan fingerprint density at radius 2 is 2.07 bits per heavy atom. The predicted molar refractivity (Wildman–Crippen MR) is 62.8 cm³/mol. The largest absolute Gasteiger partial charge is 0.366 e. The van der Waals surface area contributed by atoms with Gasteiger partial charge in [0.15, 0.2) is 0 Å². The molecule has 1 aromatic heterocycles. The number of aryl methyl sites for hydroxylation is 2. The molecule has 1 rings (SSSR count). The number of hydrogen-bond donors (Lipinski definition) is 2. The molecule has 0 saturated carbocycles. The van der Waals surface area contributed by atoms with Crippen molar-refractivity contribution in [2.45, 2.75) is 33.7 Å². The first-order chi connectivity index (χ1) is 7.04. The summed E-state index contributed by atoms with van der Waals surface area (Å²) in [6, 6.07) is 0.310. The predicted octanol–water partition coefficient (Wildman–Crippen LogP) is 1.49. The summed E-state index contributed by atoms with van der Waals surface area (Å²) in [4.78, 5) is 8.68. The van der Waals surface area contributed by atoms with Crippen LogP contribution in [0.1, 0.15) is 25.2 Å². The van der Waals surface area contributed by atoms with Crippen molar-refractivity contribution in [2.75, 3.05) is 11.9 Å². The average Bonchev–Trinajstić information content (AvgIpc) is 2.22. The van der Waals surface area contributed by atoms with Crippen LogP contribution < -0.4 is 11.1 Å². The van der Waals surface area contributed by atoms with Crippen LogP contribution in [0, 0.1) is 19.8 Å². The van der Waals surface area contributed by atoms with Crippen LogP contribution in [0.2, 0.25) is 0 Å². The minimum absolute atomic E-state index is 0.310. The van der Waals surface area contributed by atoms with E-state index in [0.29, 0.717) is 18.5 Å². The van der Waals surface area contributed by atoms with Gasteiger partial charge in [0.2, 0.25) is 0 Å². The van der Waals surface area contributed by atoms with Gasteiger partial charge in [0.05, 0.1) is 11.4 Å². The second-order valence-corrected chi connectivity index (χ2v) is 4.09. The number of hydrogen-bond acceptors (Lipinski definition) is 4. The number of aromatic nitrogens is 2. The zero-order valence-electron chi connectivity index (χ0n) is 9.91. The smallest absolute Gasteiger partial charge is 0.147 e. The molecule has 0 aromatic carbocycles. The molecule has 0 radical (unpaired) electrons. The summed E-state index contributed by atoms with van der Waals surface area (Å²) in [5.74, 6) is 1.29. The van der Waals surface area contributed by atoms with E-state index in [2.05, 4.69) is 29.1 Å². The molecule has 0 amide bonds.